The number of nitrogens with one attached hydrogen (secondary N) is 3. The molecule has 1 heterocycles. The summed E-state index contributed by atoms with van der Waals surface area (Å²) in [4.78, 5) is 27.7. The number of nitrogens with zero attached hydrogens (tertiary/aromatic N) is 1. The van der Waals surface area contributed by atoms with Crippen molar-refractivity contribution in [3.8, 4) is 11.5 Å². The number of H-pyrrole nitrogens is 1. The molecule has 0 aliphatic carbocycles. The molecule has 30 heavy (non-hydrogen) atoms. The van der Waals surface area contributed by atoms with Gasteiger partial charge in [-0.2, -0.15) is 5.10 Å². The fourth-order valence-corrected chi connectivity index (χ4v) is 3.22. The van der Waals surface area contributed by atoms with Crippen molar-refractivity contribution in [2.24, 2.45) is 5.10 Å². The Hall–Kier alpha value is -3.81. The maximum atomic E-state index is 12.3. The number of rotatable bonds is 7. The van der Waals surface area contributed by atoms with Crippen LogP contribution in [0.25, 0.3) is 10.9 Å². The van der Waals surface area contributed by atoms with Gasteiger partial charge in [0.1, 0.15) is 0 Å². The van der Waals surface area contributed by atoms with Crippen molar-refractivity contribution in [2.45, 2.75) is 13.8 Å². The van der Waals surface area contributed by atoms with Gasteiger partial charge in [-0.1, -0.05) is 18.2 Å². The number of aryl methyl sites for hydroxylation is 1. The average Bonchev–Trinajstić information content (AvgIpc) is 3.10. The Morgan fingerprint density at radius 2 is 1.80 bits per heavy atom. The van der Waals surface area contributed by atoms with Crippen molar-refractivity contribution in [2.75, 3.05) is 20.8 Å². The predicted octanol–water partition coefficient (Wildman–Crippen LogP) is 2.76. The van der Waals surface area contributed by atoms with Gasteiger partial charge < -0.3 is 19.8 Å². The lowest BCUT2D eigenvalue weighted by Gasteiger charge is -2.10. The number of fused-ring (bicyclic) bond motifs is 1. The molecule has 8 heteroatoms. The van der Waals surface area contributed by atoms with Crippen LogP contribution < -0.4 is 20.2 Å². The van der Waals surface area contributed by atoms with E-state index in [2.05, 4.69) is 20.8 Å². The summed E-state index contributed by atoms with van der Waals surface area (Å²) >= 11 is 0. The second-order valence-corrected chi connectivity index (χ2v) is 6.66. The molecule has 0 saturated heterocycles. The maximum Gasteiger partial charge on any atom is 0.259 e. The lowest BCUT2D eigenvalue weighted by molar-refractivity contribution is -0.120. The minimum atomic E-state index is -0.430. The molecule has 0 unspecified atom stereocenters. The van der Waals surface area contributed by atoms with Gasteiger partial charge >= 0.3 is 0 Å². The van der Waals surface area contributed by atoms with Gasteiger partial charge in [0.05, 0.1) is 26.5 Å². The van der Waals surface area contributed by atoms with Gasteiger partial charge in [0.15, 0.2) is 11.5 Å². The number of benzene rings is 2. The standard InChI is InChI=1S/C22H24N4O4/c1-13-21(16-7-5-6-8-17(16)24-13)14(2)25-26-20(27)12-23-22(28)15-9-10-18(29-3)19(11-15)30-4/h5-11,24H,12H2,1-4H3,(H,23,28)(H,26,27). The molecule has 0 aliphatic heterocycles. The number of aromatic nitrogens is 1. The summed E-state index contributed by atoms with van der Waals surface area (Å²) in [6, 6.07) is 12.7. The van der Waals surface area contributed by atoms with E-state index in [0.717, 1.165) is 22.2 Å². The third-order valence-electron chi connectivity index (χ3n) is 4.66. The van der Waals surface area contributed by atoms with E-state index in [1.54, 1.807) is 18.2 Å². The highest BCUT2D eigenvalue weighted by Gasteiger charge is 2.13. The quantitative estimate of drug-likeness (QED) is 0.413. The molecular formula is C22H24N4O4. The van der Waals surface area contributed by atoms with E-state index in [4.69, 9.17) is 9.47 Å². The highest BCUT2D eigenvalue weighted by molar-refractivity contribution is 6.11. The van der Waals surface area contributed by atoms with Gasteiger partial charge in [-0.25, -0.2) is 5.43 Å². The number of amides is 2. The molecule has 0 atom stereocenters. The van der Waals surface area contributed by atoms with Crippen LogP contribution >= 0.6 is 0 Å². The van der Waals surface area contributed by atoms with Gasteiger partial charge in [0.25, 0.3) is 11.8 Å². The largest absolute Gasteiger partial charge is 0.493 e. The Morgan fingerprint density at radius 1 is 1.07 bits per heavy atom. The molecule has 3 aromatic rings. The van der Waals surface area contributed by atoms with E-state index in [1.165, 1.54) is 14.2 Å². The normalized spacial score (nSPS) is 11.3. The highest BCUT2D eigenvalue weighted by atomic mass is 16.5. The van der Waals surface area contributed by atoms with Crippen LogP contribution in [0.1, 0.15) is 28.5 Å². The SMILES string of the molecule is COc1ccc(C(=O)NCC(=O)NN=C(C)c2c(C)[nH]c3ccccc23)cc1OC. The first-order chi connectivity index (χ1) is 14.4. The molecule has 0 fully saturated rings. The lowest BCUT2D eigenvalue weighted by Crippen LogP contribution is -2.35. The van der Waals surface area contributed by atoms with Crippen LogP contribution in [0.5, 0.6) is 11.5 Å². The Kier molecular flexibility index (Phi) is 6.36. The van der Waals surface area contributed by atoms with Crippen LogP contribution in [0.15, 0.2) is 47.6 Å². The number of para-hydroxylation sites is 1. The van der Waals surface area contributed by atoms with Crippen molar-refractivity contribution in [3.63, 3.8) is 0 Å². The Bertz CT molecular complexity index is 1120. The number of hydrazone groups is 1. The number of hydrogen-bond acceptors (Lipinski definition) is 5. The van der Waals surface area contributed by atoms with E-state index < -0.39 is 11.8 Å². The van der Waals surface area contributed by atoms with Crippen LogP contribution in [-0.4, -0.2) is 43.3 Å². The smallest absolute Gasteiger partial charge is 0.259 e. The van der Waals surface area contributed by atoms with Crippen LogP contribution in [-0.2, 0) is 4.79 Å². The summed E-state index contributed by atoms with van der Waals surface area (Å²) in [5, 5.41) is 7.79. The van der Waals surface area contributed by atoms with Crippen LogP contribution in [0.3, 0.4) is 0 Å². The first-order valence-corrected chi connectivity index (χ1v) is 9.35. The van der Waals surface area contributed by atoms with E-state index >= 15 is 0 Å². The molecule has 2 amide bonds. The van der Waals surface area contributed by atoms with Crippen LogP contribution in [0, 0.1) is 6.92 Å². The summed E-state index contributed by atoms with van der Waals surface area (Å²) < 4.78 is 10.3. The van der Waals surface area contributed by atoms with Crippen molar-refractivity contribution >= 4 is 28.4 Å². The van der Waals surface area contributed by atoms with Gasteiger partial charge in [-0.3, -0.25) is 9.59 Å². The zero-order valence-corrected chi connectivity index (χ0v) is 17.3. The molecule has 0 radical (unpaired) electrons. The van der Waals surface area contributed by atoms with Gasteiger partial charge in [-0.05, 0) is 38.1 Å². The third kappa shape index (κ3) is 4.43. The zero-order valence-electron chi connectivity index (χ0n) is 17.3. The third-order valence-corrected chi connectivity index (χ3v) is 4.66. The van der Waals surface area contributed by atoms with Crippen molar-refractivity contribution in [1.82, 2.24) is 15.7 Å². The minimum Gasteiger partial charge on any atom is -0.493 e. The molecule has 0 aliphatic rings. The summed E-state index contributed by atoms with van der Waals surface area (Å²) in [7, 11) is 3.00. The zero-order chi connectivity index (χ0) is 21.7. The van der Waals surface area contributed by atoms with Gasteiger partial charge in [-0.15, -0.1) is 0 Å². The number of aromatic amines is 1. The number of methoxy groups -OCH3 is 2. The van der Waals surface area contributed by atoms with Gasteiger partial charge in [0.2, 0.25) is 0 Å². The molecule has 0 saturated carbocycles. The summed E-state index contributed by atoms with van der Waals surface area (Å²) in [6.07, 6.45) is 0. The highest BCUT2D eigenvalue weighted by Crippen LogP contribution is 2.27. The minimum absolute atomic E-state index is 0.211. The fraction of sp³-hybridized carbons (Fsp3) is 0.227. The van der Waals surface area contributed by atoms with Crippen LogP contribution in [0.2, 0.25) is 0 Å². The monoisotopic (exact) mass is 408 g/mol. The van der Waals surface area contributed by atoms with Crippen molar-refractivity contribution in [1.29, 1.82) is 0 Å². The molecule has 3 rings (SSSR count). The Labute approximate surface area is 174 Å². The number of hydrogen-bond donors (Lipinski definition) is 3. The fourth-order valence-electron chi connectivity index (χ4n) is 3.22. The van der Waals surface area contributed by atoms with Crippen molar-refractivity contribution < 1.29 is 19.1 Å². The molecule has 0 spiro atoms. The molecule has 156 valence electrons. The number of carbonyl (C=O) groups excluding carboxylic acids is 2. The second-order valence-electron chi connectivity index (χ2n) is 6.66. The predicted molar refractivity (Wildman–Crippen MR) is 115 cm³/mol. The van der Waals surface area contributed by atoms with Gasteiger partial charge in [0, 0.05) is 27.7 Å². The molecule has 8 nitrogen and oxygen atoms in total. The summed E-state index contributed by atoms with van der Waals surface area (Å²) in [5.74, 6) is 0.119. The average molecular weight is 408 g/mol. The molecule has 1 aromatic heterocycles. The molecule has 3 N–H and O–H groups in total. The number of ether oxygens (including phenoxy) is 2. The summed E-state index contributed by atoms with van der Waals surface area (Å²) in [5.41, 5.74) is 6.43. The first kappa shape index (κ1) is 20.9. The Balaban J connectivity index is 1.62. The Morgan fingerprint density at radius 3 is 2.53 bits per heavy atom. The number of carbonyl (C=O) groups is 2. The molecule has 0 bridgehead atoms. The van der Waals surface area contributed by atoms with Crippen LogP contribution in [0.4, 0.5) is 0 Å². The molecule has 2 aromatic carbocycles. The maximum absolute atomic E-state index is 12.3. The van der Waals surface area contributed by atoms with Crippen molar-refractivity contribution in [3.05, 3.63) is 59.3 Å². The summed E-state index contributed by atoms with van der Waals surface area (Å²) in [6.45, 7) is 3.57. The first-order valence-electron chi connectivity index (χ1n) is 9.35. The molecular weight excluding hydrogens is 384 g/mol. The lowest BCUT2D eigenvalue weighted by atomic mass is 10.1. The van der Waals surface area contributed by atoms with E-state index in [-0.39, 0.29) is 6.54 Å². The van der Waals surface area contributed by atoms with E-state index in [9.17, 15) is 9.59 Å². The van der Waals surface area contributed by atoms with E-state index in [1.807, 2.05) is 38.1 Å². The topological polar surface area (TPSA) is 105 Å². The second kappa shape index (κ2) is 9.13. The van der Waals surface area contributed by atoms with E-state index in [0.29, 0.717) is 22.8 Å².